The SMILES string of the molecule is Cc1cccc(C=O)c1OCC(=O)N1CCCCC1. The zero-order valence-corrected chi connectivity index (χ0v) is 11.2. The Morgan fingerprint density at radius 1 is 1.32 bits per heavy atom. The maximum Gasteiger partial charge on any atom is 0.260 e. The van der Waals surface area contributed by atoms with Crippen molar-refractivity contribution < 1.29 is 14.3 Å². The summed E-state index contributed by atoms with van der Waals surface area (Å²) in [4.78, 5) is 24.8. The van der Waals surface area contributed by atoms with Crippen molar-refractivity contribution in [3.8, 4) is 5.75 Å². The molecule has 19 heavy (non-hydrogen) atoms. The van der Waals surface area contributed by atoms with Gasteiger partial charge in [0.05, 0.1) is 5.56 Å². The summed E-state index contributed by atoms with van der Waals surface area (Å²) in [6, 6.07) is 5.37. The molecule has 0 N–H and O–H groups in total. The molecular weight excluding hydrogens is 242 g/mol. The van der Waals surface area contributed by atoms with Gasteiger partial charge in [-0.2, -0.15) is 0 Å². The van der Waals surface area contributed by atoms with E-state index in [1.807, 2.05) is 17.9 Å². The molecule has 1 aromatic rings. The first-order chi connectivity index (χ1) is 9.22. The molecule has 1 amide bonds. The zero-order valence-electron chi connectivity index (χ0n) is 11.2. The molecule has 4 nitrogen and oxygen atoms in total. The Bertz CT molecular complexity index is 464. The highest BCUT2D eigenvalue weighted by Gasteiger charge is 2.17. The van der Waals surface area contributed by atoms with Gasteiger partial charge in [0.2, 0.25) is 0 Å². The number of aldehydes is 1. The maximum atomic E-state index is 12.0. The summed E-state index contributed by atoms with van der Waals surface area (Å²) in [5, 5.41) is 0. The summed E-state index contributed by atoms with van der Waals surface area (Å²) < 4.78 is 5.55. The zero-order chi connectivity index (χ0) is 13.7. The number of likely N-dealkylation sites (tertiary alicyclic amines) is 1. The van der Waals surface area contributed by atoms with Gasteiger partial charge in [-0.05, 0) is 37.8 Å². The van der Waals surface area contributed by atoms with Crippen molar-refractivity contribution >= 4 is 12.2 Å². The predicted octanol–water partition coefficient (Wildman–Crippen LogP) is 2.20. The lowest BCUT2D eigenvalue weighted by molar-refractivity contribution is -0.134. The monoisotopic (exact) mass is 261 g/mol. The number of hydrogen-bond donors (Lipinski definition) is 0. The fourth-order valence-electron chi connectivity index (χ4n) is 2.33. The number of benzene rings is 1. The van der Waals surface area contributed by atoms with E-state index in [1.165, 1.54) is 6.42 Å². The number of aryl methyl sites for hydroxylation is 1. The second kappa shape index (κ2) is 6.36. The van der Waals surface area contributed by atoms with E-state index in [-0.39, 0.29) is 12.5 Å². The van der Waals surface area contributed by atoms with Crippen molar-refractivity contribution in [3.05, 3.63) is 29.3 Å². The summed E-state index contributed by atoms with van der Waals surface area (Å²) in [5.41, 5.74) is 1.36. The lowest BCUT2D eigenvalue weighted by atomic mass is 10.1. The van der Waals surface area contributed by atoms with Crippen LogP contribution < -0.4 is 4.74 Å². The van der Waals surface area contributed by atoms with Gasteiger partial charge >= 0.3 is 0 Å². The van der Waals surface area contributed by atoms with Crippen LogP contribution in [-0.4, -0.2) is 36.8 Å². The fourth-order valence-corrected chi connectivity index (χ4v) is 2.33. The van der Waals surface area contributed by atoms with Crippen molar-refractivity contribution in [2.45, 2.75) is 26.2 Å². The van der Waals surface area contributed by atoms with Crippen LogP contribution in [-0.2, 0) is 4.79 Å². The third kappa shape index (κ3) is 3.34. The molecule has 0 unspecified atom stereocenters. The van der Waals surface area contributed by atoms with Crippen molar-refractivity contribution in [1.82, 2.24) is 4.90 Å². The Morgan fingerprint density at radius 2 is 2.05 bits per heavy atom. The number of amides is 1. The summed E-state index contributed by atoms with van der Waals surface area (Å²) in [7, 11) is 0. The molecule has 4 heteroatoms. The Morgan fingerprint density at radius 3 is 2.74 bits per heavy atom. The molecule has 0 radical (unpaired) electrons. The van der Waals surface area contributed by atoms with E-state index in [0.717, 1.165) is 37.8 Å². The Kier molecular flexibility index (Phi) is 4.55. The molecule has 0 atom stereocenters. The lowest BCUT2D eigenvalue weighted by Gasteiger charge is -2.26. The van der Waals surface area contributed by atoms with E-state index in [1.54, 1.807) is 12.1 Å². The maximum absolute atomic E-state index is 12.0. The number of hydrogen-bond acceptors (Lipinski definition) is 3. The molecule has 0 aromatic heterocycles. The standard InChI is InChI=1S/C15H19NO3/c1-12-6-5-7-13(10-17)15(12)19-11-14(18)16-8-3-2-4-9-16/h5-7,10H,2-4,8-9,11H2,1H3. The third-order valence-corrected chi connectivity index (χ3v) is 3.42. The van der Waals surface area contributed by atoms with Crippen molar-refractivity contribution in [3.63, 3.8) is 0 Å². The minimum Gasteiger partial charge on any atom is -0.483 e. The minimum absolute atomic E-state index is 0.000183. The Balaban J connectivity index is 1.98. The predicted molar refractivity (Wildman–Crippen MR) is 72.5 cm³/mol. The number of carbonyl (C=O) groups is 2. The van der Waals surface area contributed by atoms with Crippen LogP contribution in [0.3, 0.4) is 0 Å². The van der Waals surface area contributed by atoms with Gasteiger partial charge in [0.25, 0.3) is 5.91 Å². The highest BCUT2D eigenvalue weighted by atomic mass is 16.5. The van der Waals surface area contributed by atoms with Gasteiger partial charge in [0, 0.05) is 13.1 Å². The number of carbonyl (C=O) groups excluding carboxylic acids is 2. The first kappa shape index (κ1) is 13.6. The number of rotatable bonds is 4. The minimum atomic E-state index is -0.000183. The normalized spacial score (nSPS) is 15.1. The Labute approximate surface area is 113 Å². The highest BCUT2D eigenvalue weighted by molar-refractivity contribution is 5.81. The lowest BCUT2D eigenvalue weighted by Crippen LogP contribution is -2.38. The summed E-state index contributed by atoms with van der Waals surface area (Å²) in [6.07, 6.45) is 4.08. The first-order valence-corrected chi connectivity index (χ1v) is 6.67. The van der Waals surface area contributed by atoms with E-state index >= 15 is 0 Å². The van der Waals surface area contributed by atoms with Crippen LogP contribution in [0.1, 0.15) is 35.2 Å². The van der Waals surface area contributed by atoms with Crippen LogP contribution in [0.25, 0.3) is 0 Å². The summed E-state index contributed by atoms with van der Waals surface area (Å²) in [5.74, 6) is 0.516. The number of para-hydroxylation sites is 1. The van der Waals surface area contributed by atoms with Gasteiger partial charge in [0.15, 0.2) is 12.9 Å². The highest BCUT2D eigenvalue weighted by Crippen LogP contribution is 2.22. The van der Waals surface area contributed by atoms with Crippen LogP contribution in [0, 0.1) is 6.92 Å². The van der Waals surface area contributed by atoms with E-state index in [4.69, 9.17) is 4.74 Å². The summed E-state index contributed by atoms with van der Waals surface area (Å²) in [6.45, 7) is 3.51. The number of piperidine rings is 1. The van der Waals surface area contributed by atoms with E-state index in [2.05, 4.69) is 0 Å². The molecule has 1 fully saturated rings. The quantitative estimate of drug-likeness (QED) is 0.781. The molecule has 1 aliphatic rings. The van der Waals surface area contributed by atoms with Gasteiger partial charge in [0.1, 0.15) is 5.75 Å². The van der Waals surface area contributed by atoms with Gasteiger partial charge in [-0.3, -0.25) is 9.59 Å². The molecule has 1 heterocycles. The van der Waals surface area contributed by atoms with Crippen LogP contribution in [0.15, 0.2) is 18.2 Å². The molecule has 0 saturated carbocycles. The van der Waals surface area contributed by atoms with Crippen LogP contribution in [0.5, 0.6) is 5.75 Å². The van der Waals surface area contributed by atoms with E-state index in [0.29, 0.717) is 11.3 Å². The molecular formula is C15H19NO3. The van der Waals surface area contributed by atoms with Crippen LogP contribution >= 0.6 is 0 Å². The number of nitrogens with zero attached hydrogens (tertiary/aromatic N) is 1. The van der Waals surface area contributed by atoms with Crippen molar-refractivity contribution in [2.75, 3.05) is 19.7 Å². The van der Waals surface area contributed by atoms with Gasteiger partial charge < -0.3 is 9.64 Å². The summed E-state index contributed by atoms with van der Waals surface area (Å²) >= 11 is 0. The Hall–Kier alpha value is -1.84. The average Bonchev–Trinajstić information content (AvgIpc) is 2.46. The smallest absolute Gasteiger partial charge is 0.260 e. The average molecular weight is 261 g/mol. The first-order valence-electron chi connectivity index (χ1n) is 6.67. The van der Waals surface area contributed by atoms with Crippen molar-refractivity contribution in [1.29, 1.82) is 0 Å². The third-order valence-electron chi connectivity index (χ3n) is 3.42. The molecule has 0 aliphatic carbocycles. The second-order valence-electron chi connectivity index (χ2n) is 4.84. The molecule has 0 spiro atoms. The topological polar surface area (TPSA) is 46.6 Å². The van der Waals surface area contributed by atoms with Gasteiger partial charge in [-0.15, -0.1) is 0 Å². The van der Waals surface area contributed by atoms with Gasteiger partial charge in [-0.1, -0.05) is 12.1 Å². The van der Waals surface area contributed by atoms with Gasteiger partial charge in [-0.25, -0.2) is 0 Å². The van der Waals surface area contributed by atoms with E-state index < -0.39 is 0 Å². The molecule has 2 rings (SSSR count). The molecule has 1 aromatic carbocycles. The largest absolute Gasteiger partial charge is 0.483 e. The fraction of sp³-hybridized carbons (Fsp3) is 0.467. The molecule has 1 aliphatic heterocycles. The molecule has 102 valence electrons. The van der Waals surface area contributed by atoms with E-state index in [9.17, 15) is 9.59 Å². The number of ether oxygens (including phenoxy) is 1. The van der Waals surface area contributed by atoms with Crippen molar-refractivity contribution in [2.24, 2.45) is 0 Å². The van der Waals surface area contributed by atoms with Crippen LogP contribution in [0.4, 0.5) is 0 Å². The molecule has 1 saturated heterocycles. The molecule has 0 bridgehead atoms. The second-order valence-corrected chi connectivity index (χ2v) is 4.84. The van der Waals surface area contributed by atoms with Crippen LogP contribution in [0.2, 0.25) is 0 Å².